The molecule has 1 aromatic carbocycles. The number of H-pyrrole nitrogens is 1. The average molecular weight is 610 g/mol. The molecule has 230 valence electrons. The number of nitrogens with one attached hydrogen (secondary N) is 3. The number of carbonyl (C=O) groups is 1. The zero-order chi connectivity index (χ0) is 30.9. The largest absolute Gasteiger partial charge is 0.453 e. The molecule has 1 aliphatic carbocycles. The molecule has 5 rings (SSSR count). The lowest BCUT2D eigenvalue weighted by atomic mass is 9.86. The molecule has 1 saturated carbocycles. The van der Waals surface area contributed by atoms with Crippen LogP contribution in [0.4, 0.5) is 32.2 Å². The number of benzene rings is 1. The molecule has 1 saturated heterocycles. The van der Waals surface area contributed by atoms with Crippen molar-refractivity contribution in [1.82, 2.24) is 20.2 Å². The van der Waals surface area contributed by atoms with Gasteiger partial charge in [0.1, 0.15) is 17.4 Å². The van der Waals surface area contributed by atoms with Crippen molar-refractivity contribution < 1.29 is 35.9 Å². The lowest BCUT2D eigenvalue weighted by Crippen LogP contribution is -2.52. The number of ether oxygens (including phenoxy) is 1. The SMILES string of the molecule is C[C@@H](C(=O)Nc1ccc(Oc2ccc(F)cc2F)cn1)N1CCC(F)(F)[C@@H](c2c[nH]c(=O)c(CNC3CC(F)(F)C3)c2)C1. The number of aromatic amines is 1. The van der Waals surface area contributed by atoms with Crippen molar-refractivity contribution in [2.45, 2.75) is 62.6 Å². The van der Waals surface area contributed by atoms with Crippen molar-refractivity contribution in [1.29, 1.82) is 0 Å². The summed E-state index contributed by atoms with van der Waals surface area (Å²) in [5.41, 5.74) is -0.169. The molecule has 1 amide bonds. The fraction of sp³-hybridized carbons (Fsp3) is 0.414. The molecule has 3 N–H and O–H groups in total. The third-order valence-electron chi connectivity index (χ3n) is 7.77. The summed E-state index contributed by atoms with van der Waals surface area (Å²) in [6.07, 6.45) is 1.25. The summed E-state index contributed by atoms with van der Waals surface area (Å²) < 4.78 is 88.7. The van der Waals surface area contributed by atoms with Crippen molar-refractivity contribution in [3.05, 3.63) is 81.9 Å². The second-order valence-electron chi connectivity index (χ2n) is 10.9. The summed E-state index contributed by atoms with van der Waals surface area (Å²) in [4.78, 5) is 33.4. The number of pyridine rings is 2. The minimum absolute atomic E-state index is 0.0413. The summed E-state index contributed by atoms with van der Waals surface area (Å²) >= 11 is 0. The highest BCUT2D eigenvalue weighted by molar-refractivity contribution is 5.93. The first-order valence-corrected chi connectivity index (χ1v) is 13.6. The number of anilines is 1. The topological polar surface area (TPSA) is 99.3 Å². The van der Waals surface area contributed by atoms with Gasteiger partial charge in [-0.2, -0.15) is 0 Å². The van der Waals surface area contributed by atoms with E-state index in [4.69, 9.17) is 4.74 Å². The van der Waals surface area contributed by atoms with E-state index in [2.05, 4.69) is 20.6 Å². The first-order chi connectivity index (χ1) is 20.3. The lowest BCUT2D eigenvalue weighted by molar-refractivity contribution is -0.125. The maximum atomic E-state index is 15.1. The van der Waals surface area contributed by atoms with E-state index < -0.39 is 59.4 Å². The number of piperidine rings is 1. The van der Waals surface area contributed by atoms with Crippen molar-refractivity contribution in [3.63, 3.8) is 0 Å². The minimum Gasteiger partial charge on any atom is -0.453 e. The molecule has 43 heavy (non-hydrogen) atoms. The van der Waals surface area contributed by atoms with Crippen molar-refractivity contribution in [2.24, 2.45) is 0 Å². The molecule has 2 aromatic heterocycles. The van der Waals surface area contributed by atoms with Gasteiger partial charge in [0.15, 0.2) is 11.6 Å². The number of amides is 1. The lowest BCUT2D eigenvalue weighted by Gasteiger charge is -2.40. The normalized spacial score (nSPS) is 20.7. The molecular formula is C29H29F6N5O3. The molecule has 8 nitrogen and oxygen atoms in total. The Morgan fingerprint density at radius 1 is 1.16 bits per heavy atom. The Morgan fingerprint density at radius 3 is 2.60 bits per heavy atom. The minimum atomic E-state index is -3.12. The summed E-state index contributed by atoms with van der Waals surface area (Å²) in [5, 5.41) is 5.49. The van der Waals surface area contributed by atoms with Crippen LogP contribution in [-0.2, 0) is 11.3 Å². The molecular weight excluding hydrogens is 580 g/mol. The molecule has 2 fully saturated rings. The number of halogens is 6. The molecule has 3 heterocycles. The van der Waals surface area contributed by atoms with E-state index in [9.17, 15) is 27.2 Å². The molecule has 2 aliphatic rings. The van der Waals surface area contributed by atoms with Crippen LogP contribution in [0.2, 0.25) is 0 Å². The predicted molar refractivity (Wildman–Crippen MR) is 145 cm³/mol. The van der Waals surface area contributed by atoms with Crippen LogP contribution in [-0.4, -0.2) is 57.8 Å². The third kappa shape index (κ3) is 7.19. The highest BCUT2D eigenvalue weighted by Gasteiger charge is 2.47. The van der Waals surface area contributed by atoms with Crippen LogP contribution in [0.25, 0.3) is 0 Å². The smallest absolute Gasteiger partial charge is 0.257 e. The zero-order valence-corrected chi connectivity index (χ0v) is 23.0. The highest BCUT2D eigenvalue weighted by Crippen LogP contribution is 2.41. The molecule has 2 atom stereocenters. The van der Waals surface area contributed by atoms with Gasteiger partial charge >= 0.3 is 0 Å². The number of likely N-dealkylation sites (tertiary alicyclic amines) is 1. The number of nitrogens with zero attached hydrogens (tertiary/aromatic N) is 2. The Hall–Kier alpha value is -3.91. The Kier molecular flexibility index (Phi) is 8.52. The number of hydrogen-bond acceptors (Lipinski definition) is 6. The Labute approximate surface area is 242 Å². The molecule has 0 radical (unpaired) electrons. The first kappa shape index (κ1) is 30.5. The number of alkyl halides is 4. The van der Waals surface area contributed by atoms with Crippen LogP contribution in [0.15, 0.2) is 53.6 Å². The van der Waals surface area contributed by atoms with Crippen LogP contribution in [0, 0.1) is 11.6 Å². The van der Waals surface area contributed by atoms with E-state index in [0.717, 1.165) is 12.1 Å². The molecule has 1 aliphatic heterocycles. The molecule has 0 spiro atoms. The Balaban J connectivity index is 1.21. The van der Waals surface area contributed by atoms with Crippen LogP contribution in [0.5, 0.6) is 11.5 Å². The van der Waals surface area contributed by atoms with E-state index in [-0.39, 0.29) is 60.9 Å². The van der Waals surface area contributed by atoms with E-state index in [0.29, 0.717) is 6.07 Å². The standard InChI is InChI=1S/C29H29F6N5O3/c1-16(26(41)39-25-5-3-21(14-37-25)43-24-4-2-19(30)9-23(24)31)40-7-6-29(34,35)22(15-40)17-8-18(27(42)38-12-17)13-36-20-10-28(32,33)11-20/h2-5,8-9,12,14,16,20,22,36H,6-7,10-11,13,15H2,1H3,(H,38,42)(H,37,39,41)/t16-,22+/m0/s1. The second-order valence-corrected chi connectivity index (χ2v) is 10.9. The van der Waals surface area contributed by atoms with Gasteiger partial charge in [0.05, 0.1) is 18.2 Å². The maximum absolute atomic E-state index is 15.1. The van der Waals surface area contributed by atoms with Gasteiger partial charge in [0.25, 0.3) is 17.4 Å². The third-order valence-corrected chi connectivity index (χ3v) is 7.77. The van der Waals surface area contributed by atoms with Crippen LogP contribution in [0.3, 0.4) is 0 Å². The number of rotatable bonds is 9. The summed E-state index contributed by atoms with van der Waals surface area (Å²) in [5.74, 6) is -9.26. The Morgan fingerprint density at radius 2 is 1.93 bits per heavy atom. The highest BCUT2D eigenvalue weighted by atomic mass is 19.3. The number of aromatic nitrogens is 2. The van der Waals surface area contributed by atoms with Crippen molar-refractivity contribution >= 4 is 11.7 Å². The van der Waals surface area contributed by atoms with E-state index in [1.165, 1.54) is 30.6 Å². The van der Waals surface area contributed by atoms with Crippen LogP contribution < -0.4 is 20.9 Å². The van der Waals surface area contributed by atoms with Crippen molar-refractivity contribution in [3.8, 4) is 11.5 Å². The Bertz CT molecular complexity index is 1530. The molecule has 0 unspecified atom stereocenters. The molecule has 0 bridgehead atoms. The zero-order valence-electron chi connectivity index (χ0n) is 23.0. The van der Waals surface area contributed by atoms with Crippen molar-refractivity contribution in [2.75, 3.05) is 18.4 Å². The van der Waals surface area contributed by atoms with Gasteiger partial charge in [0.2, 0.25) is 5.91 Å². The first-order valence-electron chi connectivity index (χ1n) is 13.6. The quantitative estimate of drug-likeness (QED) is 0.290. The maximum Gasteiger partial charge on any atom is 0.257 e. The summed E-state index contributed by atoms with van der Waals surface area (Å²) in [6, 6.07) is 5.75. The van der Waals surface area contributed by atoms with E-state index >= 15 is 8.78 Å². The monoisotopic (exact) mass is 609 g/mol. The van der Waals surface area contributed by atoms with Gasteiger partial charge < -0.3 is 20.4 Å². The fourth-order valence-electron chi connectivity index (χ4n) is 5.17. The molecule has 14 heteroatoms. The van der Waals surface area contributed by atoms with Gasteiger partial charge in [-0.15, -0.1) is 0 Å². The van der Waals surface area contributed by atoms with Gasteiger partial charge in [-0.05, 0) is 42.8 Å². The molecule has 3 aromatic rings. The summed E-state index contributed by atoms with van der Waals surface area (Å²) in [6.45, 7) is 1.29. The van der Waals surface area contributed by atoms with Gasteiger partial charge in [-0.1, -0.05) is 0 Å². The van der Waals surface area contributed by atoms with E-state index in [1.807, 2.05) is 0 Å². The van der Waals surface area contributed by atoms with Crippen LogP contribution >= 0.6 is 0 Å². The van der Waals surface area contributed by atoms with E-state index in [1.54, 1.807) is 11.8 Å². The average Bonchev–Trinajstić information content (AvgIpc) is 2.93. The number of hydrogen-bond donors (Lipinski definition) is 3. The van der Waals surface area contributed by atoms with Gasteiger partial charge in [0, 0.05) is 62.8 Å². The fourth-order valence-corrected chi connectivity index (χ4v) is 5.17. The van der Waals surface area contributed by atoms with Gasteiger partial charge in [-0.25, -0.2) is 31.3 Å². The van der Waals surface area contributed by atoms with Crippen LogP contribution in [0.1, 0.15) is 43.2 Å². The predicted octanol–water partition coefficient (Wildman–Crippen LogP) is 5.18. The van der Waals surface area contributed by atoms with Gasteiger partial charge in [-0.3, -0.25) is 14.5 Å². The summed E-state index contributed by atoms with van der Waals surface area (Å²) in [7, 11) is 0. The second kappa shape index (κ2) is 12.0. The number of carbonyl (C=O) groups excluding carboxylic acids is 1.